The molecule has 0 atom stereocenters. The Morgan fingerprint density at radius 3 is 1.87 bits per heavy atom. The van der Waals surface area contributed by atoms with E-state index in [9.17, 15) is 8.22 Å². The van der Waals surface area contributed by atoms with Gasteiger partial charge in [-0.25, -0.2) is 0 Å². The maximum atomic E-state index is 9.77. The van der Waals surface area contributed by atoms with Crippen molar-refractivity contribution in [2.45, 2.75) is 0 Å². The third-order valence-corrected chi connectivity index (χ3v) is 6.21. The molecule has 0 spiro atoms. The molecule has 0 fully saturated rings. The minimum Gasteiger partial charge on any atom is -0.458 e. The van der Waals surface area contributed by atoms with Crippen LogP contribution in [0.5, 0.6) is 11.5 Å². The summed E-state index contributed by atoms with van der Waals surface area (Å²) < 4.78 is 217. The highest BCUT2D eigenvalue weighted by molar-refractivity contribution is 6.99. The van der Waals surface area contributed by atoms with Crippen molar-refractivity contribution >= 4 is 40.2 Å². The van der Waals surface area contributed by atoms with E-state index in [1.54, 1.807) is 0 Å². The SMILES string of the molecule is [2H]c1c([2H])c([2H])c(-c2c([2H])c([2H])c(N3c4c([2H])c([2H])c(-c5c([2H])c([2H])c([2H])c([2H])c5[2H])c([2H])c4B4c5c([2H])c([2H])c([2H])c([2H])c5Oc5c([2H])c([2H])c([2H])c3c54)c([2H])c2[2H])c([2H])c1[2H]. The van der Waals surface area contributed by atoms with Crippen LogP contribution in [0.15, 0.2) is 145 Å². The zero-order valence-corrected chi connectivity index (χ0v) is 19.4. The first-order chi connectivity index (χ1) is 29.3. The third-order valence-electron chi connectivity index (χ3n) is 6.21. The lowest BCUT2D eigenvalue weighted by Gasteiger charge is -2.40. The number of nitrogens with zero attached hydrogens (tertiary/aromatic N) is 1. The lowest BCUT2D eigenvalue weighted by Crippen LogP contribution is -2.59. The molecular weight excluding hydrogens is 473 g/mol. The van der Waals surface area contributed by atoms with Crippen LogP contribution >= 0.6 is 0 Å². The van der Waals surface area contributed by atoms with Crippen molar-refractivity contribution in [3.63, 3.8) is 0 Å². The van der Waals surface area contributed by atoms with Gasteiger partial charge in [-0.05, 0) is 74.9 Å². The first kappa shape index (κ1) is 8.76. The summed E-state index contributed by atoms with van der Waals surface area (Å²) in [6.45, 7) is -1.81. The summed E-state index contributed by atoms with van der Waals surface area (Å²) in [7, 11) is 0. The highest BCUT2D eigenvalue weighted by Gasteiger charge is 2.41. The van der Waals surface area contributed by atoms with Crippen molar-refractivity contribution in [3.8, 4) is 33.8 Å². The standard InChI is InChI=1S/C36H24BNO/c1-3-10-25(11-4-1)27-18-21-29(22-19-27)38-32-23-20-28(26-12-5-2-6-13-26)24-31(32)37-30-14-7-8-16-34(30)39-35-17-9-15-33(38)36(35)37/h1-24H/i1D,2D,3D,4D,5D,6D,7D,8D,9D,10D,11D,12D,13D,14D,15D,16D,17D,18D,19D,20D,21D,22D,23D,24D. The Kier molecular flexibility index (Phi) is 1.97. The van der Waals surface area contributed by atoms with Crippen LogP contribution in [0.25, 0.3) is 22.3 Å². The topological polar surface area (TPSA) is 12.5 Å². The van der Waals surface area contributed by atoms with Crippen LogP contribution < -0.4 is 26.0 Å². The zero-order chi connectivity index (χ0) is 46.6. The molecule has 182 valence electrons. The van der Waals surface area contributed by atoms with Crippen LogP contribution in [0.4, 0.5) is 17.1 Å². The van der Waals surface area contributed by atoms with Crippen molar-refractivity contribution < 1.29 is 37.6 Å². The quantitative estimate of drug-likeness (QED) is 0.224. The Labute approximate surface area is 262 Å². The van der Waals surface area contributed by atoms with Gasteiger partial charge in [-0.1, -0.05) is 109 Å². The van der Waals surface area contributed by atoms with E-state index in [1.807, 2.05) is 0 Å². The lowest BCUT2D eigenvalue weighted by molar-refractivity contribution is 0.487. The molecule has 6 aromatic rings. The number of benzene rings is 6. The molecule has 0 aromatic heterocycles. The van der Waals surface area contributed by atoms with Crippen molar-refractivity contribution in [3.05, 3.63) is 145 Å². The molecule has 6 aromatic carbocycles. The summed E-state index contributed by atoms with van der Waals surface area (Å²) in [5.41, 5.74) is -6.48. The smallest absolute Gasteiger partial charge is 0.256 e. The van der Waals surface area contributed by atoms with Gasteiger partial charge in [-0.15, -0.1) is 0 Å². The zero-order valence-electron chi connectivity index (χ0n) is 43.4. The summed E-state index contributed by atoms with van der Waals surface area (Å²) in [5, 5.41) is 0. The van der Waals surface area contributed by atoms with Gasteiger partial charge in [0.05, 0.1) is 32.9 Å². The van der Waals surface area contributed by atoms with E-state index in [0.29, 0.717) is 0 Å². The second-order valence-corrected chi connectivity index (χ2v) is 8.32. The van der Waals surface area contributed by atoms with Crippen LogP contribution in [-0.4, -0.2) is 6.71 Å². The number of rotatable bonds is 3. The normalized spacial score (nSPS) is 21.3. The largest absolute Gasteiger partial charge is 0.458 e. The molecule has 2 aliphatic heterocycles. The fourth-order valence-electron chi connectivity index (χ4n) is 4.60. The molecule has 0 radical (unpaired) electrons. The maximum absolute atomic E-state index is 9.77. The van der Waals surface area contributed by atoms with Gasteiger partial charge in [-0.3, -0.25) is 0 Å². The Hall–Kier alpha value is -5.02. The first-order valence-electron chi connectivity index (χ1n) is 23.4. The second kappa shape index (κ2) is 8.78. The maximum Gasteiger partial charge on any atom is 0.256 e. The molecule has 2 heterocycles. The van der Waals surface area contributed by atoms with E-state index in [-0.39, 0.29) is 0 Å². The molecule has 0 saturated heterocycles. The molecule has 2 nitrogen and oxygen atoms in total. The summed E-state index contributed by atoms with van der Waals surface area (Å²) in [4.78, 5) is 0.723. The Morgan fingerprint density at radius 1 is 0.487 bits per heavy atom. The fraction of sp³-hybridized carbons (Fsp3) is 0. The summed E-state index contributed by atoms with van der Waals surface area (Å²) >= 11 is 0. The Bertz CT molecular complexity index is 3080. The minimum atomic E-state index is -1.81. The van der Waals surface area contributed by atoms with Crippen molar-refractivity contribution in [1.29, 1.82) is 0 Å². The summed E-state index contributed by atoms with van der Waals surface area (Å²) in [6, 6.07) is -21.4. The van der Waals surface area contributed by atoms with E-state index in [0.717, 1.165) is 4.90 Å². The minimum absolute atomic E-state index is 0.407. The van der Waals surface area contributed by atoms with Gasteiger partial charge in [0, 0.05) is 17.1 Å². The van der Waals surface area contributed by atoms with Crippen LogP contribution in [0.1, 0.15) is 32.9 Å². The van der Waals surface area contributed by atoms with Gasteiger partial charge in [-0.2, -0.15) is 0 Å². The van der Waals surface area contributed by atoms with E-state index < -0.39 is 219 Å². The number of para-hydroxylation sites is 1. The predicted octanol–water partition coefficient (Wildman–Crippen LogP) is 7.43. The van der Waals surface area contributed by atoms with Crippen molar-refractivity contribution in [2.24, 2.45) is 0 Å². The third kappa shape index (κ3) is 3.51. The van der Waals surface area contributed by atoms with Crippen LogP contribution in [0.3, 0.4) is 0 Å². The average molecular weight is 522 g/mol. The lowest BCUT2D eigenvalue weighted by atomic mass is 9.34. The highest BCUT2D eigenvalue weighted by atomic mass is 16.5. The first-order valence-corrected chi connectivity index (χ1v) is 11.4. The van der Waals surface area contributed by atoms with Gasteiger partial charge in [0.2, 0.25) is 0 Å². The van der Waals surface area contributed by atoms with Crippen molar-refractivity contribution in [1.82, 2.24) is 0 Å². The van der Waals surface area contributed by atoms with E-state index in [2.05, 4.69) is 0 Å². The second-order valence-electron chi connectivity index (χ2n) is 8.32. The van der Waals surface area contributed by atoms with Crippen LogP contribution in [0, 0.1) is 0 Å². The highest BCUT2D eigenvalue weighted by Crippen LogP contribution is 2.41. The Morgan fingerprint density at radius 2 is 1.10 bits per heavy atom. The van der Waals surface area contributed by atoms with E-state index in [1.165, 1.54) is 0 Å². The Balaban J connectivity index is 1.62. The van der Waals surface area contributed by atoms with Crippen LogP contribution in [-0.2, 0) is 0 Å². The van der Waals surface area contributed by atoms with E-state index >= 15 is 0 Å². The molecule has 3 heteroatoms. The van der Waals surface area contributed by atoms with Gasteiger partial charge >= 0.3 is 0 Å². The summed E-state index contributed by atoms with van der Waals surface area (Å²) in [6.07, 6.45) is 0. The number of hydrogen-bond acceptors (Lipinski definition) is 2. The molecule has 0 aliphatic carbocycles. The number of anilines is 3. The number of fused-ring (bicyclic) bond motifs is 4. The average Bonchev–Trinajstić information content (AvgIpc) is 3.25. The molecule has 2 aliphatic rings. The summed E-state index contributed by atoms with van der Waals surface area (Å²) in [5.74, 6) is -1.23. The van der Waals surface area contributed by atoms with Gasteiger partial charge < -0.3 is 9.64 Å². The monoisotopic (exact) mass is 521 g/mol. The number of hydrogen-bond donors (Lipinski definition) is 0. The van der Waals surface area contributed by atoms with Crippen LogP contribution in [0.2, 0.25) is 0 Å². The number of ether oxygens (including phenoxy) is 1. The van der Waals surface area contributed by atoms with Gasteiger partial charge in [0.25, 0.3) is 6.71 Å². The molecule has 0 bridgehead atoms. The molecule has 0 saturated carbocycles. The molecule has 8 rings (SSSR count). The molecular formula is C36H24BNO. The van der Waals surface area contributed by atoms with Crippen molar-refractivity contribution in [2.75, 3.05) is 4.90 Å². The molecule has 39 heavy (non-hydrogen) atoms. The molecule has 0 N–H and O–H groups in total. The van der Waals surface area contributed by atoms with E-state index in [4.69, 9.17) is 29.4 Å². The van der Waals surface area contributed by atoms with Gasteiger partial charge in [0.15, 0.2) is 0 Å². The fourth-order valence-corrected chi connectivity index (χ4v) is 4.60. The molecule has 0 unspecified atom stereocenters. The molecule has 0 amide bonds. The van der Waals surface area contributed by atoms with Gasteiger partial charge in [0.1, 0.15) is 11.5 Å². The predicted molar refractivity (Wildman–Crippen MR) is 163 cm³/mol.